The molecule has 0 aromatic carbocycles. The van der Waals surface area contributed by atoms with Crippen molar-refractivity contribution < 1.29 is 14.7 Å². The highest BCUT2D eigenvalue weighted by molar-refractivity contribution is 5.85. The van der Waals surface area contributed by atoms with Crippen LogP contribution in [0.1, 0.15) is 53.4 Å². The van der Waals surface area contributed by atoms with Gasteiger partial charge in [-0.2, -0.15) is 0 Å². The van der Waals surface area contributed by atoms with Gasteiger partial charge in [-0.15, -0.1) is 0 Å². The fraction of sp³-hybridized carbons (Fsp3) is 0.846. The molecular weight excluding hydrogens is 218 g/mol. The number of hydrogen-bond acceptors (Lipinski definition) is 2. The second-order valence-corrected chi connectivity index (χ2v) is 4.84. The molecule has 1 amide bonds. The van der Waals surface area contributed by atoms with Crippen LogP contribution in [0.15, 0.2) is 0 Å². The van der Waals surface area contributed by atoms with E-state index in [0.717, 1.165) is 25.7 Å². The van der Waals surface area contributed by atoms with Gasteiger partial charge in [0.05, 0.1) is 0 Å². The van der Waals surface area contributed by atoms with Crippen LogP contribution in [0.5, 0.6) is 0 Å². The number of aliphatic carboxylic acids is 1. The van der Waals surface area contributed by atoms with E-state index in [0.29, 0.717) is 0 Å². The molecule has 0 saturated carbocycles. The Bertz CT molecular complexity index is 245. The second kappa shape index (κ2) is 8.09. The third-order valence-electron chi connectivity index (χ3n) is 2.88. The molecule has 4 heteroatoms. The summed E-state index contributed by atoms with van der Waals surface area (Å²) in [6.07, 6.45) is 3.53. The molecule has 0 aromatic rings. The molecular formula is C13H25NO3. The largest absolute Gasteiger partial charge is 0.480 e. The van der Waals surface area contributed by atoms with Crippen molar-refractivity contribution in [3.8, 4) is 0 Å². The van der Waals surface area contributed by atoms with Crippen LogP contribution in [0, 0.1) is 11.8 Å². The molecule has 4 nitrogen and oxygen atoms in total. The monoisotopic (exact) mass is 243 g/mol. The van der Waals surface area contributed by atoms with Gasteiger partial charge in [-0.05, 0) is 18.8 Å². The van der Waals surface area contributed by atoms with Crippen LogP contribution < -0.4 is 5.32 Å². The van der Waals surface area contributed by atoms with E-state index >= 15 is 0 Å². The van der Waals surface area contributed by atoms with Crippen molar-refractivity contribution in [3.05, 3.63) is 0 Å². The lowest BCUT2D eigenvalue weighted by molar-refractivity contribution is -0.143. The highest BCUT2D eigenvalue weighted by atomic mass is 16.4. The van der Waals surface area contributed by atoms with Gasteiger partial charge in [0.2, 0.25) is 5.91 Å². The fourth-order valence-electron chi connectivity index (χ4n) is 1.89. The van der Waals surface area contributed by atoms with Crippen molar-refractivity contribution in [2.24, 2.45) is 11.8 Å². The number of amides is 1. The molecule has 0 aliphatic heterocycles. The number of nitrogens with one attached hydrogen (secondary N) is 1. The third-order valence-corrected chi connectivity index (χ3v) is 2.88. The molecule has 0 saturated heterocycles. The SMILES string of the molecule is CCCC(CCC)C(=O)NC(C(=O)O)C(C)C. The van der Waals surface area contributed by atoms with Crippen LogP contribution in [-0.2, 0) is 9.59 Å². The summed E-state index contributed by atoms with van der Waals surface area (Å²) in [7, 11) is 0. The summed E-state index contributed by atoms with van der Waals surface area (Å²) >= 11 is 0. The van der Waals surface area contributed by atoms with Gasteiger partial charge < -0.3 is 10.4 Å². The van der Waals surface area contributed by atoms with Crippen molar-refractivity contribution in [2.75, 3.05) is 0 Å². The van der Waals surface area contributed by atoms with E-state index < -0.39 is 12.0 Å². The molecule has 17 heavy (non-hydrogen) atoms. The topological polar surface area (TPSA) is 66.4 Å². The van der Waals surface area contributed by atoms with Crippen LogP contribution in [-0.4, -0.2) is 23.0 Å². The number of carbonyl (C=O) groups is 2. The Hall–Kier alpha value is -1.06. The molecule has 0 radical (unpaired) electrons. The zero-order chi connectivity index (χ0) is 13.4. The van der Waals surface area contributed by atoms with E-state index in [1.54, 1.807) is 13.8 Å². The molecule has 2 N–H and O–H groups in total. The van der Waals surface area contributed by atoms with Crippen LogP contribution in [0.25, 0.3) is 0 Å². The first kappa shape index (κ1) is 15.9. The van der Waals surface area contributed by atoms with Crippen molar-refractivity contribution in [2.45, 2.75) is 59.4 Å². The summed E-state index contributed by atoms with van der Waals surface area (Å²) < 4.78 is 0. The third kappa shape index (κ3) is 5.71. The summed E-state index contributed by atoms with van der Waals surface area (Å²) in [5.41, 5.74) is 0. The second-order valence-electron chi connectivity index (χ2n) is 4.84. The molecule has 0 rings (SSSR count). The molecule has 100 valence electrons. The number of carbonyl (C=O) groups excluding carboxylic acids is 1. The first-order valence-electron chi connectivity index (χ1n) is 6.47. The minimum atomic E-state index is -0.958. The Morgan fingerprint density at radius 3 is 1.88 bits per heavy atom. The van der Waals surface area contributed by atoms with Crippen molar-refractivity contribution in [1.29, 1.82) is 0 Å². The maximum Gasteiger partial charge on any atom is 0.326 e. The molecule has 1 unspecified atom stereocenters. The summed E-state index contributed by atoms with van der Waals surface area (Å²) in [5.74, 6) is -1.22. The summed E-state index contributed by atoms with van der Waals surface area (Å²) in [5, 5.41) is 11.7. The normalized spacial score (nSPS) is 12.8. The highest BCUT2D eigenvalue weighted by Gasteiger charge is 2.26. The van der Waals surface area contributed by atoms with E-state index in [4.69, 9.17) is 5.11 Å². The van der Waals surface area contributed by atoms with E-state index in [2.05, 4.69) is 5.32 Å². The molecule has 0 aliphatic carbocycles. The average molecular weight is 243 g/mol. The minimum absolute atomic E-state index is 0.0504. The Kier molecular flexibility index (Phi) is 7.59. The van der Waals surface area contributed by atoms with Gasteiger partial charge in [0, 0.05) is 5.92 Å². The predicted octanol–water partition coefficient (Wildman–Crippen LogP) is 2.43. The van der Waals surface area contributed by atoms with Crippen LogP contribution in [0.4, 0.5) is 0 Å². The minimum Gasteiger partial charge on any atom is -0.480 e. The summed E-state index contributed by atoms with van der Waals surface area (Å²) in [6, 6.07) is -0.779. The molecule has 1 atom stereocenters. The maximum atomic E-state index is 12.0. The van der Waals surface area contributed by atoms with E-state index in [1.165, 1.54) is 0 Å². The smallest absolute Gasteiger partial charge is 0.326 e. The highest BCUT2D eigenvalue weighted by Crippen LogP contribution is 2.14. The predicted molar refractivity (Wildman–Crippen MR) is 67.7 cm³/mol. The average Bonchev–Trinajstić information content (AvgIpc) is 2.24. The lowest BCUT2D eigenvalue weighted by Crippen LogP contribution is -2.46. The van der Waals surface area contributed by atoms with Crippen LogP contribution in [0.2, 0.25) is 0 Å². The first-order chi connectivity index (χ1) is 7.93. The Morgan fingerprint density at radius 1 is 1.12 bits per heavy atom. The van der Waals surface area contributed by atoms with Crippen LogP contribution >= 0.6 is 0 Å². The van der Waals surface area contributed by atoms with Gasteiger partial charge in [-0.3, -0.25) is 4.79 Å². The maximum absolute atomic E-state index is 12.0. The molecule has 0 bridgehead atoms. The summed E-state index contributed by atoms with van der Waals surface area (Å²) in [6.45, 7) is 7.67. The molecule has 0 heterocycles. The van der Waals surface area contributed by atoms with Gasteiger partial charge in [-0.1, -0.05) is 40.5 Å². The molecule has 0 aliphatic rings. The number of hydrogen-bond donors (Lipinski definition) is 2. The Morgan fingerprint density at radius 2 is 1.59 bits per heavy atom. The zero-order valence-electron chi connectivity index (χ0n) is 11.3. The standard InChI is InChI=1S/C13H25NO3/c1-5-7-10(8-6-2)12(15)14-11(9(3)4)13(16)17/h9-11H,5-8H2,1-4H3,(H,14,15)(H,16,17). The van der Waals surface area contributed by atoms with Gasteiger partial charge in [0.25, 0.3) is 0 Å². The van der Waals surface area contributed by atoms with E-state index in [-0.39, 0.29) is 17.7 Å². The number of carboxylic acid groups (broad SMARTS) is 1. The van der Waals surface area contributed by atoms with E-state index in [1.807, 2.05) is 13.8 Å². The lowest BCUT2D eigenvalue weighted by atomic mass is 9.96. The van der Waals surface area contributed by atoms with Crippen LogP contribution in [0.3, 0.4) is 0 Å². The summed E-state index contributed by atoms with van der Waals surface area (Å²) in [4.78, 5) is 23.0. The molecule has 0 aromatic heterocycles. The van der Waals surface area contributed by atoms with Gasteiger partial charge in [0.15, 0.2) is 0 Å². The number of rotatable bonds is 8. The van der Waals surface area contributed by atoms with Crippen molar-refractivity contribution >= 4 is 11.9 Å². The van der Waals surface area contributed by atoms with Gasteiger partial charge >= 0.3 is 5.97 Å². The molecule has 0 fully saturated rings. The molecule has 0 spiro atoms. The lowest BCUT2D eigenvalue weighted by Gasteiger charge is -2.22. The first-order valence-corrected chi connectivity index (χ1v) is 6.47. The fourth-order valence-corrected chi connectivity index (χ4v) is 1.89. The number of carboxylic acids is 1. The van der Waals surface area contributed by atoms with E-state index in [9.17, 15) is 9.59 Å². The zero-order valence-corrected chi connectivity index (χ0v) is 11.3. The quantitative estimate of drug-likeness (QED) is 0.688. The van der Waals surface area contributed by atoms with Crippen molar-refractivity contribution in [3.63, 3.8) is 0 Å². The van der Waals surface area contributed by atoms with Gasteiger partial charge in [0.1, 0.15) is 6.04 Å². The Labute approximate surface area is 104 Å². The van der Waals surface area contributed by atoms with Gasteiger partial charge in [-0.25, -0.2) is 4.79 Å². The van der Waals surface area contributed by atoms with Crippen molar-refractivity contribution in [1.82, 2.24) is 5.32 Å². The Balaban J connectivity index is 4.50.